The number of nitrogens with zero attached hydrogens (tertiary/aromatic N) is 2. The number of H-pyrrole nitrogens is 1. The number of aryl methyl sites for hydroxylation is 2. The van der Waals surface area contributed by atoms with Gasteiger partial charge in [0.05, 0.1) is 11.1 Å². The Kier molecular flexibility index (Phi) is 2.30. The second-order valence-electron chi connectivity index (χ2n) is 4.49. The number of aromatic hydroxyl groups is 1. The maximum atomic E-state index is 9.94. The Hall–Kier alpha value is -2.36. The van der Waals surface area contributed by atoms with Gasteiger partial charge in [0.15, 0.2) is 5.65 Å². The van der Waals surface area contributed by atoms with Gasteiger partial charge in [0, 0.05) is 6.20 Å². The van der Waals surface area contributed by atoms with Crippen LogP contribution >= 0.6 is 0 Å². The molecule has 0 aliphatic carbocycles. The summed E-state index contributed by atoms with van der Waals surface area (Å²) in [7, 11) is 0. The lowest BCUT2D eigenvalue weighted by Crippen LogP contribution is -1.82. The molecule has 2 heterocycles. The number of aromatic amines is 1. The minimum absolute atomic E-state index is 0.228. The third kappa shape index (κ3) is 1.72. The standard InChI is InChI=1S/C14H13N3O/c1-8-3-4-10(12(18)6-8)13-16-11-5-9(2)7-15-14(11)17-13/h3-7,18H,1-2H3,(H,15,16,17). The highest BCUT2D eigenvalue weighted by Crippen LogP contribution is 2.28. The number of aromatic nitrogens is 3. The average Bonchev–Trinajstić information content (AvgIpc) is 2.71. The van der Waals surface area contributed by atoms with E-state index in [1.165, 1.54) is 0 Å². The van der Waals surface area contributed by atoms with Crippen LogP contribution in [0.4, 0.5) is 0 Å². The Morgan fingerprint density at radius 2 is 1.94 bits per heavy atom. The van der Waals surface area contributed by atoms with Crippen molar-refractivity contribution in [1.82, 2.24) is 15.0 Å². The van der Waals surface area contributed by atoms with Crippen molar-refractivity contribution in [2.45, 2.75) is 13.8 Å². The van der Waals surface area contributed by atoms with E-state index in [2.05, 4.69) is 15.0 Å². The first kappa shape index (κ1) is 10.8. The van der Waals surface area contributed by atoms with Crippen LogP contribution in [0.25, 0.3) is 22.6 Å². The first-order valence-electron chi connectivity index (χ1n) is 5.76. The van der Waals surface area contributed by atoms with Crippen molar-refractivity contribution in [3.63, 3.8) is 0 Å². The highest BCUT2D eigenvalue weighted by molar-refractivity contribution is 5.78. The van der Waals surface area contributed by atoms with E-state index in [1.54, 1.807) is 12.3 Å². The maximum absolute atomic E-state index is 9.94. The predicted molar refractivity (Wildman–Crippen MR) is 70.5 cm³/mol. The molecule has 0 fully saturated rings. The van der Waals surface area contributed by atoms with Crippen LogP contribution in [-0.4, -0.2) is 20.1 Å². The lowest BCUT2D eigenvalue weighted by molar-refractivity contribution is 0.476. The summed E-state index contributed by atoms with van der Waals surface area (Å²) < 4.78 is 0. The van der Waals surface area contributed by atoms with E-state index in [4.69, 9.17) is 0 Å². The summed E-state index contributed by atoms with van der Waals surface area (Å²) in [5.74, 6) is 0.867. The number of imidazole rings is 1. The first-order valence-corrected chi connectivity index (χ1v) is 5.76. The molecule has 1 aromatic carbocycles. The van der Waals surface area contributed by atoms with Gasteiger partial charge in [-0.05, 0) is 43.2 Å². The van der Waals surface area contributed by atoms with Crippen molar-refractivity contribution in [2.24, 2.45) is 0 Å². The van der Waals surface area contributed by atoms with Crippen LogP contribution in [0.3, 0.4) is 0 Å². The van der Waals surface area contributed by atoms with Gasteiger partial charge in [0.1, 0.15) is 11.6 Å². The number of phenols is 1. The zero-order chi connectivity index (χ0) is 12.7. The van der Waals surface area contributed by atoms with E-state index in [-0.39, 0.29) is 5.75 Å². The van der Waals surface area contributed by atoms with Crippen molar-refractivity contribution >= 4 is 11.2 Å². The van der Waals surface area contributed by atoms with E-state index in [0.717, 1.165) is 16.6 Å². The summed E-state index contributed by atoms with van der Waals surface area (Å²) in [4.78, 5) is 11.8. The molecule has 4 heteroatoms. The molecule has 4 nitrogen and oxygen atoms in total. The van der Waals surface area contributed by atoms with Gasteiger partial charge in [-0.2, -0.15) is 0 Å². The second-order valence-corrected chi connectivity index (χ2v) is 4.49. The van der Waals surface area contributed by atoms with Gasteiger partial charge in [-0.1, -0.05) is 6.07 Å². The van der Waals surface area contributed by atoms with Crippen molar-refractivity contribution in [3.05, 3.63) is 41.6 Å². The fourth-order valence-corrected chi connectivity index (χ4v) is 1.97. The summed E-state index contributed by atoms with van der Waals surface area (Å²) in [5, 5.41) is 9.94. The molecule has 3 rings (SSSR count). The predicted octanol–water partition coefficient (Wildman–Crippen LogP) is 2.95. The number of rotatable bonds is 1. The fraction of sp³-hybridized carbons (Fsp3) is 0.143. The van der Waals surface area contributed by atoms with Gasteiger partial charge in [-0.15, -0.1) is 0 Å². The van der Waals surface area contributed by atoms with Gasteiger partial charge in [-0.25, -0.2) is 9.97 Å². The minimum atomic E-state index is 0.228. The smallest absolute Gasteiger partial charge is 0.178 e. The molecule has 3 aromatic rings. The van der Waals surface area contributed by atoms with Gasteiger partial charge >= 0.3 is 0 Å². The van der Waals surface area contributed by atoms with Crippen LogP contribution in [0.2, 0.25) is 0 Å². The number of phenolic OH excluding ortho intramolecular Hbond substituents is 1. The van der Waals surface area contributed by atoms with E-state index < -0.39 is 0 Å². The third-order valence-corrected chi connectivity index (χ3v) is 2.88. The summed E-state index contributed by atoms with van der Waals surface area (Å²) in [6, 6.07) is 7.52. The topological polar surface area (TPSA) is 61.8 Å². The van der Waals surface area contributed by atoms with Gasteiger partial charge in [0.25, 0.3) is 0 Å². The third-order valence-electron chi connectivity index (χ3n) is 2.88. The molecule has 0 unspecified atom stereocenters. The molecular weight excluding hydrogens is 226 g/mol. The summed E-state index contributed by atoms with van der Waals surface area (Å²) in [5.41, 5.74) is 4.32. The normalized spacial score (nSPS) is 11.0. The zero-order valence-electron chi connectivity index (χ0n) is 10.2. The monoisotopic (exact) mass is 239 g/mol. The van der Waals surface area contributed by atoms with E-state index in [0.29, 0.717) is 17.0 Å². The Bertz CT molecular complexity index is 731. The quantitative estimate of drug-likeness (QED) is 0.686. The molecule has 0 aliphatic rings. The highest BCUT2D eigenvalue weighted by Gasteiger charge is 2.10. The molecule has 0 atom stereocenters. The summed E-state index contributed by atoms with van der Waals surface area (Å²) in [6.07, 6.45) is 1.78. The largest absolute Gasteiger partial charge is 0.507 e. The molecule has 0 saturated carbocycles. The van der Waals surface area contributed by atoms with Gasteiger partial charge in [0.2, 0.25) is 0 Å². The van der Waals surface area contributed by atoms with Gasteiger partial charge in [-0.3, -0.25) is 0 Å². The van der Waals surface area contributed by atoms with E-state index >= 15 is 0 Å². The molecule has 0 spiro atoms. The molecule has 2 N–H and O–H groups in total. The molecule has 90 valence electrons. The molecular formula is C14H13N3O. The maximum Gasteiger partial charge on any atom is 0.178 e. The zero-order valence-corrected chi connectivity index (χ0v) is 10.2. The Balaban J connectivity index is 2.19. The van der Waals surface area contributed by atoms with E-state index in [1.807, 2.05) is 32.0 Å². The number of hydrogen-bond acceptors (Lipinski definition) is 3. The van der Waals surface area contributed by atoms with Crippen LogP contribution in [0.15, 0.2) is 30.5 Å². The number of pyridine rings is 1. The first-order chi connectivity index (χ1) is 8.63. The lowest BCUT2D eigenvalue weighted by Gasteiger charge is -2.01. The van der Waals surface area contributed by atoms with Crippen molar-refractivity contribution < 1.29 is 5.11 Å². The Labute approximate surface area is 104 Å². The number of fused-ring (bicyclic) bond motifs is 1. The van der Waals surface area contributed by atoms with Gasteiger partial charge < -0.3 is 10.1 Å². The Morgan fingerprint density at radius 3 is 2.72 bits per heavy atom. The minimum Gasteiger partial charge on any atom is -0.507 e. The van der Waals surface area contributed by atoms with Crippen LogP contribution in [0.1, 0.15) is 11.1 Å². The van der Waals surface area contributed by atoms with Crippen LogP contribution < -0.4 is 0 Å². The number of nitrogens with one attached hydrogen (secondary N) is 1. The number of hydrogen-bond donors (Lipinski definition) is 2. The summed E-state index contributed by atoms with van der Waals surface area (Å²) >= 11 is 0. The van der Waals surface area contributed by atoms with Crippen LogP contribution in [-0.2, 0) is 0 Å². The fourth-order valence-electron chi connectivity index (χ4n) is 1.97. The van der Waals surface area contributed by atoms with Crippen molar-refractivity contribution in [2.75, 3.05) is 0 Å². The molecule has 0 bridgehead atoms. The second kappa shape index (κ2) is 3.84. The molecule has 0 aliphatic heterocycles. The van der Waals surface area contributed by atoms with Crippen LogP contribution in [0, 0.1) is 13.8 Å². The molecule has 2 aromatic heterocycles. The molecule has 0 amide bonds. The van der Waals surface area contributed by atoms with Crippen molar-refractivity contribution in [3.8, 4) is 17.1 Å². The lowest BCUT2D eigenvalue weighted by atomic mass is 10.1. The number of benzene rings is 1. The highest BCUT2D eigenvalue weighted by atomic mass is 16.3. The SMILES string of the molecule is Cc1ccc(-c2nc3ncc(C)cc3[nH]2)c(O)c1. The molecule has 0 saturated heterocycles. The van der Waals surface area contributed by atoms with E-state index in [9.17, 15) is 5.11 Å². The van der Waals surface area contributed by atoms with Crippen molar-refractivity contribution in [1.29, 1.82) is 0 Å². The average molecular weight is 239 g/mol. The van der Waals surface area contributed by atoms with Crippen LogP contribution in [0.5, 0.6) is 5.75 Å². The summed E-state index contributed by atoms with van der Waals surface area (Å²) in [6.45, 7) is 3.92. The molecule has 0 radical (unpaired) electrons. The Morgan fingerprint density at radius 1 is 1.11 bits per heavy atom. The molecule has 18 heavy (non-hydrogen) atoms.